The minimum absolute atomic E-state index is 0.00313. The zero-order valence-corrected chi connectivity index (χ0v) is 11.2. The molecule has 1 aliphatic carbocycles. The summed E-state index contributed by atoms with van der Waals surface area (Å²) in [6.45, 7) is 1.57. The van der Waals surface area contributed by atoms with Crippen molar-refractivity contribution in [1.29, 1.82) is 0 Å². The largest absolute Gasteiger partial charge is 0.291 e. The molecule has 19 heavy (non-hydrogen) atoms. The number of carbonyl (C=O) groups is 1. The Morgan fingerprint density at radius 2 is 1.89 bits per heavy atom. The Labute approximate surface area is 113 Å². The molecule has 1 saturated carbocycles. The first-order valence-corrected chi connectivity index (χ1v) is 6.94. The lowest BCUT2D eigenvalue weighted by Crippen LogP contribution is -2.51. The van der Waals surface area contributed by atoms with Gasteiger partial charge in [0, 0.05) is 6.92 Å². The van der Waals surface area contributed by atoms with E-state index in [9.17, 15) is 4.79 Å². The molecule has 1 aromatic carbocycles. The molecule has 4 nitrogen and oxygen atoms in total. The minimum Gasteiger partial charge on any atom is -0.291 e. The summed E-state index contributed by atoms with van der Waals surface area (Å²) in [5, 5.41) is 2.09. The Morgan fingerprint density at radius 3 is 2.53 bits per heavy atom. The van der Waals surface area contributed by atoms with Crippen molar-refractivity contribution in [3.8, 4) is 0 Å². The van der Waals surface area contributed by atoms with Crippen molar-refractivity contribution in [2.45, 2.75) is 44.7 Å². The number of aliphatic imine (C=N–C) groups is 1. The molecule has 0 amide bonds. The number of hydrogen-bond donors (Lipinski definition) is 1. The molecule has 0 radical (unpaired) electrons. The molecule has 1 fully saturated rings. The van der Waals surface area contributed by atoms with Gasteiger partial charge in [-0.05, 0) is 37.8 Å². The van der Waals surface area contributed by atoms with Crippen molar-refractivity contribution in [1.82, 2.24) is 5.43 Å². The maximum Gasteiger partial charge on any atom is 0.196 e. The highest BCUT2D eigenvalue weighted by atomic mass is 16.1. The monoisotopic (exact) mass is 257 g/mol. The lowest BCUT2D eigenvalue weighted by atomic mass is 9.89. The Bertz CT molecular complexity index is 503. The van der Waals surface area contributed by atoms with Gasteiger partial charge in [0.2, 0.25) is 0 Å². The normalized spacial score (nSPS) is 21.1. The number of anilines is 1. The molecule has 3 rings (SSSR count). The molecule has 0 bridgehead atoms. The van der Waals surface area contributed by atoms with Crippen LogP contribution in [0.15, 0.2) is 35.3 Å². The first-order chi connectivity index (χ1) is 9.21. The number of nitrogens with one attached hydrogen (secondary N) is 1. The van der Waals surface area contributed by atoms with Crippen LogP contribution in [-0.4, -0.2) is 17.3 Å². The van der Waals surface area contributed by atoms with Crippen molar-refractivity contribution < 1.29 is 4.79 Å². The Morgan fingerprint density at radius 1 is 1.21 bits per heavy atom. The van der Waals surface area contributed by atoms with Crippen LogP contribution in [0, 0.1) is 0 Å². The second-order valence-electron chi connectivity index (χ2n) is 5.34. The molecule has 0 atom stereocenters. The predicted octanol–water partition coefficient (Wildman–Crippen LogP) is 2.66. The van der Waals surface area contributed by atoms with Crippen LogP contribution >= 0.6 is 0 Å². The summed E-state index contributed by atoms with van der Waals surface area (Å²) >= 11 is 0. The summed E-state index contributed by atoms with van der Waals surface area (Å²) in [6.07, 6.45) is 5.60. The number of carbonyl (C=O) groups excluding carboxylic acids is 1. The standard InChI is InChI=1S/C15H19N3O/c1-12(19)14-16-15(10-6-3-7-11-15)18(17-14)13-8-4-2-5-9-13/h2,4-5,8-9H,3,6-7,10-11H2,1H3,(H,16,17). The van der Waals surface area contributed by atoms with Crippen LogP contribution in [0.3, 0.4) is 0 Å². The Balaban J connectivity index is 1.97. The van der Waals surface area contributed by atoms with Gasteiger partial charge in [-0.15, -0.1) is 0 Å². The third-order valence-corrected chi connectivity index (χ3v) is 3.96. The average Bonchev–Trinajstić information content (AvgIpc) is 2.80. The molecule has 1 heterocycles. The van der Waals surface area contributed by atoms with E-state index in [1.807, 2.05) is 18.2 Å². The number of amidine groups is 1. The Hall–Kier alpha value is -1.84. The highest BCUT2D eigenvalue weighted by molar-refractivity contribution is 6.38. The number of rotatable bonds is 2. The number of ketones is 1. The zero-order valence-electron chi connectivity index (χ0n) is 11.2. The van der Waals surface area contributed by atoms with E-state index in [4.69, 9.17) is 4.99 Å². The molecular weight excluding hydrogens is 238 g/mol. The van der Waals surface area contributed by atoms with Crippen LogP contribution in [0.25, 0.3) is 0 Å². The van der Waals surface area contributed by atoms with E-state index in [1.54, 1.807) is 6.92 Å². The van der Waals surface area contributed by atoms with Crippen molar-refractivity contribution in [3.05, 3.63) is 30.3 Å². The summed E-state index contributed by atoms with van der Waals surface area (Å²) in [7, 11) is 0. The molecule has 2 aliphatic rings. The van der Waals surface area contributed by atoms with Gasteiger partial charge in [0.25, 0.3) is 0 Å². The smallest absolute Gasteiger partial charge is 0.196 e. The van der Waals surface area contributed by atoms with Crippen molar-refractivity contribution in [3.63, 3.8) is 0 Å². The highest BCUT2D eigenvalue weighted by Gasteiger charge is 2.43. The average molecular weight is 257 g/mol. The zero-order chi connectivity index (χ0) is 13.3. The summed E-state index contributed by atoms with van der Waals surface area (Å²) in [5.74, 6) is 0.495. The number of nitrogens with zero attached hydrogens (tertiary/aromatic N) is 2. The number of hydrogen-bond acceptors (Lipinski definition) is 4. The van der Waals surface area contributed by atoms with Gasteiger partial charge < -0.3 is 0 Å². The number of para-hydroxylation sites is 1. The van der Waals surface area contributed by atoms with Gasteiger partial charge in [-0.2, -0.15) is 0 Å². The molecule has 1 N–H and O–H groups in total. The summed E-state index contributed by atoms with van der Waals surface area (Å²) in [5.41, 5.74) is 4.01. The van der Waals surface area contributed by atoms with Crippen molar-refractivity contribution in [2.24, 2.45) is 4.99 Å². The van der Waals surface area contributed by atoms with Crippen LogP contribution < -0.4 is 10.4 Å². The molecule has 1 spiro atoms. The first kappa shape index (κ1) is 12.2. The SMILES string of the molecule is CC(=O)C1=NC2(CCCCC2)N(c2ccccc2)N1. The van der Waals surface area contributed by atoms with Gasteiger partial charge in [-0.3, -0.25) is 15.2 Å². The molecule has 100 valence electrons. The van der Waals surface area contributed by atoms with Gasteiger partial charge >= 0.3 is 0 Å². The van der Waals surface area contributed by atoms with Crippen LogP contribution in [0.4, 0.5) is 5.69 Å². The molecule has 0 saturated heterocycles. The minimum atomic E-state index is -0.263. The van der Waals surface area contributed by atoms with E-state index in [0.29, 0.717) is 5.84 Å². The second kappa shape index (κ2) is 4.68. The van der Waals surface area contributed by atoms with E-state index in [2.05, 4.69) is 22.6 Å². The molecule has 0 aromatic heterocycles. The van der Waals surface area contributed by atoms with Crippen LogP contribution in [-0.2, 0) is 4.79 Å². The van der Waals surface area contributed by atoms with Crippen molar-refractivity contribution in [2.75, 3.05) is 5.01 Å². The maximum atomic E-state index is 11.6. The van der Waals surface area contributed by atoms with Crippen LogP contribution in [0.5, 0.6) is 0 Å². The molecule has 1 aromatic rings. The molecular formula is C15H19N3O. The summed E-state index contributed by atoms with van der Waals surface area (Å²) in [6, 6.07) is 10.1. The molecule has 0 unspecified atom stereocenters. The van der Waals surface area contributed by atoms with E-state index in [1.165, 1.54) is 19.3 Å². The van der Waals surface area contributed by atoms with Gasteiger partial charge in [-0.25, -0.2) is 4.99 Å². The van der Waals surface area contributed by atoms with Crippen LogP contribution in [0.2, 0.25) is 0 Å². The van der Waals surface area contributed by atoms with Gasteiger partial charge in [0.1, 0.15) is 0 Å². The fourth-order valence-corrected chi connectivity index (χ4v) is 2.99. The third kappa shape index (κ3) is 2.11. The second-order valence-corrected chi connectivity index (χ2v) is 5.34. The highest BCUT2D eigenvalue weighted by Crippen LogP contribution is 2.39. The number of Topliss-reactive ketones (excluding diaryl/α,β-unsaturated/α-hetero) is 1. The van der Waals surface area contributed by atoms with E-state index in [-0.39, 0.29) is 11.4 Å². The number of hydrazine groups is 1. The topological polar surface area (TPSA) is 44.7 Å². The van der Waals surface area contributed by atoms with Gasteiger partial charge in [-0.1, -0.05) is 24.6 Å². The van der Waals surface area contributed by atoms with Gasteiger partial charge in [0.05, 0.1) is 5.69 Å². The number of benzene rings is 1. The fourth-order valence-electron chi connectivity index (χ4n) is 2.99. The molecule has 1 aliphatic heterocycles. The van der Waals surface area contributed by atoms with Crippen LogP contribution in [0.1, 0.15) is 39.0 Å². The van der Waals surface area contributed by atoms with Gasteiger partial charge in [0.15, 0.2) is 17.3 Å². The van der Waals surface area contributed by atoms with E-state index < -0.39 is 0 Å². The third-order valence-electron chi connectivity index (χ3n) is 3.96. The lowest BCUT2D eigenvalue weighted by molar-refractivity contribution is -0.111. The quantitative estimate of drug-likeness (QED) is 0.886. The first-order valence-electron chi connectivity index (χ1n) is 6.94. The predicted molar refractivity (Wildman–Crippen MR) is 76.0 cm³/mol. The maximum absolute atomic E-state index is 11.6. The lowest BCUT2D eigenvalue weighted by Gasteiger charge is -2.39. The van der Waals surface area contributed by atoms with E-state index >= 15 is 0 Å². The summed E-state index contributed by atoms with van der Waals surface area (Å²) in [4.78, 5) is 16.3. The Kier molecular flexibility index (Phi) is 3.01. The van der Waals surface area contributed by atoms with E-state index in [0.717, 1.165) is 18.5 Å². The fraction of sp³-hybridized carbons (Fsp3) is 0.467. The molecule has 4 heteroatoms. The summed E-state index contributed by atoms with van der Waals surface area (Å²) < 4.78 is 0. The van der Waals surface area contributed by atoms with Crippen molar-refractivity contribution >= 4 is 17.3 Å².